The van der Waals surface area contributed by atoms with Gasteiger partial charge in [-0.3, -0.25) is 0 Å². The van der Waals surface area contributed by atoms with Gasteiger partial charge in [0.1, 0.15) is 0 Å². The van der Waals surface area contributed by atoms with Crippen molar-refractivity contribution in [2.45, 2.75) is 130 Å². The molecule has 0 fully saturated rings. The Kier molecular flexibility index (Phi) is 13.1. The second-order valence-electron chi connectivity index (χ2n) is 8.57. The van der Waals surface area contributed by atoms with Gasteiger partial charge in [0.25, 0.3) is 0 Å². The van der Waals surface area contributed by atoms with Gasteiger partial charge in [0.05, 0.1) is 11.4 Å². The quantitative estimate of drug-likeness (QED) is 0.224. The Labute approximate surface area is 175 Å². The van der Waals surface area contributed by atoms with Crippen LogP contribution in [0, 0.1) is 0 Å². The van der Waals surface area contributed by atoms with Gasteiger partial charge in [-0.15, -0.1) is 0 Å². The van der Waals surface area contributed by atoms with E-state index < -0.39 is 0 Å². The standard InChI is InChI=1S/C26H48N2/c1-5-9-13-17-21-22(18-14-10-6-2)24(20-16-12-8-4)26(28)25(27)23(21)19-15-11-7-3/h5-20,27-28H2,1-4H3. The number of nitrogens with two attached hydrogens (primary N) is 2. The van der Waals surface area contributed by atoms with Gasteiger partial charge in [-0.1, -0.05) is 79.1 Å². The Morgan fingerprint density at radius 2 is 0.643 bits per heavy atom. The zero-order valence-electron chi connectivity index (χ0n) is 19.5. The Balaban J connectivity index is 3.34. The van der Waals surface area contributed by atoms with E-state index >= 15 is 0 Å². The topological polar surface area (TPSA) is 52.0 Å². The fourth-order valence-electron chi connectivity index (χ4n) is 4.40. The molecule has 0 aliphatic rings. The Hall–Kier alpha value is -1.18. The second-order valence-corrected chi connectivity index (χ2v) is 8.57. The highest BCUT2D eigenvalue weighted by atomic mass is 14.7. The fraction of sp³-hybridized carbons (Fsp3) is 0.769. The molecule has 0 heterocycles. The van der Waals surface area contributed by atoms with E-state index in [2.05, 4.69) is 27.7 Å². The lowest BCUT2D eigenvalue weighted by Gasteiger charge is -2.24. The molecule has 0 aliphatic carbocycles. The molecule has 0 radical (unpaired) electrons. The minimum absolute atomic E-state index is 0.911. The van der Waals surface area contributed by atoms with E-state index in [4.69, 9.17) is 11.5 Å². The first-order valence-corrected chi connectivity index (χ1v) is 12.3. The first-order chi connectivity index (χ1) is 13.6. The maximum absolute atomic E-state index is 6.67. The first-order valence-electron chi connectivity index (χ1n) is 12.3. The van der Waals surface area contributed by atoms with Crippen molar-refractivity contribution in [2.75, 3.05) is 11.5 Å². The van der Waals surface area contributed by atoms with Gasteiger partial charge in [-0.25, -0.2) is 0 Å². The average molecular weight is 389 g/mol. The molecular weight excluding hydrogens is 340 g/mol. The molecule has 2 heteroatoms. The third-order valence-electron chi connectivity index (χ3n) is 6.15. The lowest BCUT2D eigenvalue weighted by atomic mass is 9.83. The van der Waals surface area contributed by atoms with Crippen molar-refractivity contribution in [1.82, 2.24) is 0 Å². The number of hydrogen-bond donors (Lipinski definition) is 2. The van der Waals surface area contributed by atoms with E-state index in [1.54, 1.807) is 11.1 Å². The molecule has 1 aromatic rings. The van der Waals surface area contributed by atoms with Crippen molar-refractivity contribution >= 4 is 11.4 Å². The third-order valence-corrected chi connectivity index (χ3v) is 6.15. The van der Waals surface area contributed by atoms with Crippen LogP contribution >= 0.6 is 0 Å². The summed E-state index contributed by atoms with van der Waals surface area (Å²) in [5, 5.41) is 0. The fourth-order valence-corrected chi connectivity index (χ4v) is 4.40. The minimum Gasteiger partial charge on any atom is -0.397 e. The normalized spacial score (nSPS) is 11.3. The van der Waals surface area contributed by atoms with Crippen LogP contribution in [0.15, 0.2) is 0 Å². The van der Waals surface area contributed by atoms with Crippen LogP contribution in [0.4, 0.5) is 11.4 Å². The Morgan fingerprint density at radius 3 is 0.893 bits per heavy atom. The van der Waals surface area contributed by atoms with Crippen LogP contribution in [0.5, 0.6) is 0 Å². The molecule has 0 saturated heterocycles. The molecule has 1 rings (SSSR count). The number of hydrogen-bond acceptors (Lipinski definition) is 2. The summed E-state index contributed by atoms with van der Waals surface area (Å²) >= 11 is 0. The summed E-state index contributed by atoms with van der Waals surface area (Å²) in [4.78, 5) is 0. The molecule has 4 N–H and O–H groups in total. The zero-order chi connectivity index (χ0) is 20.8. The van der Waals surface area contributed by atoms with Crippen molar-refractivity contribution in [2.24, 2.45) is 0 Å². The molecular formula is C26H48N2. The molecule has 2 nitrogen and oxygen atoms in total. The first kappa shape index (κ1) is 24.9. The molecule has 0 spiro atoms. The molecule has 1 aromatic carbocycles. The molecule has 0 aliphatic heterocycles. The van der Waals surface area contributed by atoms with Crippen molar-refractivity contribution in [3.63, 3.8) is 0 Å². The van der Waals surface area contributed by atoms with Crippen molar-refractivity contribution in [3.05, 3.63) is 22.3 Å². The monoisotopic (exact) mass is 388 g/mol. The van der Waals surface area contributed by atoms with Gasteiger partial charge < -0.3 is 11.5 Å². The highest BCUT2D eigenvalue weighted by molar-refractivity contribution is 5.75. The largest absolute Gasteiger partial charge is 0.397 e. The summed E-state index contributed by atoms with van der Waals surface area (Å²) in [5.41, 5.74) is 21.1. The van der Waals surface area contributed by atoms with E-state index in [0.717, 1.165) is 24.2 Å². The van der Waals surface area contributed by atoms with E-state index in [0.29, 0.717) is 0 Å². The minimum atomic E-state index is 0.911. The molecule has 0 bridgehead atoms. The van der Waals surface area contributed by atoms with Crippen LogP contribution < -0.4 is 11.5 Å². The summed E-state index contributed by atoms with van der Waals surface area (Å²) < 4.78 is 0. The van der Waals surface area contributed by atoms with Crippen molar-refractivity contribution in [3.8, 4) is 0 Å². The summed E-state index contributed by atoms with van der Waals surface area (Å²) in [6.07, 6.45) is 19.8. The van der Waals surface area contributed by atoms with Crippen LogP contribution in [0.3, 0.4) is 0 Å². The van der Waals surface area contributed by atoms with Crippen LogP contribution in [0.25, 0.3) is 0 Å². The molecule has 162 valence electrons. The molecule has 0 unspecified atom stereocenters. The van der Waals surface area contributed by atoms with Crippen molar-refractivity contribution in [1.29, 1.82) is 0 Å². The SMILES string of the molecule is CCCCCc1c(N)c(N)c(CCCCC)c(CCCCC)c1CCCCC. The third kappa shape index (κ3) is 7.68. The van der Waals surface area contributed by atoms with E-state index in [1.807, 2.05) is 0 Å². The van der Waals surface area contributed by atoms with Gasteiger partial charge >= 0.3 is 0 Å². The second kappa shape index (κ2) is 14.8. The molecule has 0 atom stereocenters. The summed E-state index contributed by atoms with van der Waals surface area (Å²) in [7, 11) is 0. The summed E-state index contributed by atoms with van der Waals surface area (Å²) in [6, 6.07) is 0. The number of anilines is 2. The molecule has 0 amide bonds. The van der Waals surface area contributed by atoms with Crippen LogP contribution in [0.1, 0.15) is 127 Å². The zero-order valence-corrected chi connectivity index (χ0v) is 19.5. The van der Waals surface area contributed by atoms with Crippen LogP contribution in [-0.2, 0) is 25.7 Å². The highest BCUT2D eigenvalue weighted by Crippen LogP contribution is 2.37. The number of rotatable bonds is 16. The Morgan fingerprint density at radius 1 is 0.393 bits per heavy atom. The summed E-state index contributed by atoms with van der Waals surface area (Å²) in [6.45, 7) is 9.12. The van der Waals surface area contributed by atoms with Crippen molar-refractivity contribution < 1.29 is 0 Å². The Bertz CT molecular complexity index is 499. The van der Waals surface area contributed by atoms with Crippen LogP contribution in [0.2, 0.25) is 0 Å². The molecule has 0 saturated carbocycles. The van der Waals surface area contributed by atoms with Crippen LogP contribution in [-0.4, -0.2) is 0 Å². The molecule has 0 aromatic heterocycles. The average Bonchev–Trinajstić information content (AvgIpc) is 2.69. The predicted octanol–water partition coefficient (Wildman–Crippen LogP) is 7.78. The number of nitrogen functional groups attached to an aromatic ring is 2. The summed E-state index contributed by atoms with van der Waals surface area (Å²) in [5.74, 6) is 0. The predicted molar refractivity (Wildman–Crippen MR) is 128 cm³/mol. The lowest BCUT2D eigenvalue weighted by Crippen LogP contribution is -2.13. The number of unbranched alkanes of at least 4 members (excludes halogenated alkanes) is 8. The van der Waals surface area contributed by atoms with Gasteiger partial charge in [-0.05, 0) is 73.6 Å². The lowest BCUT2D eigenvalue weighted by molar-refractivity contribution is 0.668. The van der Waals surface area contributed by atoms with E-state index in [1.165, 1.54) is 101 Å². The van der Waals surface area contributed by atoms with Gasteiger partial charge in [0.15, 0.2) is 0 Å². The number of benzene rings is 1. The van der Waals surface area contributed by atoms with E-state index in [9.17, 15) is 0 Å². The van der Waals surface area contributed by atoms with Gasteiger partial charge in [-0.2, -0.15) is 0 Å². The maximum Gasteiger partial charge on any atom is 0.0586 e. The highest BCUT2D eigenvalue weighted by Gasteiger charge is 2.20. The molecule has 28 heavy (non-hydrogen) atoms. The van der Waals surface area contributed by atoms with Gasteiger partial charge in [0.2, 0.25) is 0 Å². The maximum atomic E-state index is 6.67. The van der Waals surface area contributed by atoms with Gasteiger partial charge in [0, 0.05) is 0 Å². The van der Waals surface area contributed by atoms with E-state index in [-0.39, 0.29) is 0 Å². The smallest absolute Gasteiger partial charge is 0.0586 e.